The molecular formula is C15H24N2. The number of nitrogens with zero attached hydrogens (tertiary/aromatic N) is 1. The third-order valence-corrected chi connectivity index (χ3v) is 3.69. The summed E-state index contributed by atoms with van der Waals surface area (Å²) in [6.07, 6.45) is 0. The van der Waals surface area contributed by atoms with Gasteiger partial charge in [0.2, 0.25) is 0 Å². The molecule has 0 aliphatic carbocycles. The largest absolute Gasteiger partial charge is 0.314 e. The van der Waals surface area contributed by atoms with E-state index < -0.39 is 0 Å². The normalized spacial score (nSPS) is 22.0. The second kappa shape index (κ2) is 5.65. The molecular weight excluding hydrogens is 208 g/mol. The molecule has 1 aromatic rings. The minimum atomic E-state index is 0.615. The second-order valence-corrected chi connectivity index (χ2v) is 5.38. The zero-order valence-corrected chi connectivity index (χ0v) is 11.2. The average molecular weight is 232 g/mol. The summed E-state index contributed by atoms with van der Waals surface area (Å²) in [4.78, 5) is 2.58. The van der Waals surface area contributed by atoms with E-state index in [1.807, 2.05) is 0 Å². The van der Waals surface area contributed by atoms with Crippen LogP contribution in [0.5, 0.6) is 0 Å². The standard InChI is InChI=1S/C15H24N2/c1-12(2)15-7-5-4-6-14(15)11-17-9-8-16-10-13(17)3/h4-7,12-13,16H,8-11H2,1-3H3. The van der Waals surface area contributed by atoms with Crippen LogP contribution in [0.1, 0.15) is 37.8 Å². The maximum absolute atomic E-state index is 3.45. The summed E-state index contributed by atoms with van der Waals surface area (Å²) in [7, 11) is 0. The highest BCUT2D eigenvalue weighted by Crippen LogP contribution is 2.21. The first kappa shape index (κ1) is 12.6. The van der Waals surface area contributed by atoms with E-state index in [-0.39, 0.29) is 0 Å². The predicted octanol–water partition coefficient (Wildman–Crippen LogP) is 2.60. The summed E-state index contributed by atoms with van der Waals surface area (Å²) in [5.74, 6) is 0.615. The third-order valence-electron chi connectivity index (χ3n) is 3.69. The highest BCUT2D eigenvalue weighted by Gasteiger charge is 2.19. The zero-order valence-electron chi connectivity index (χ0n) is 11.2. The van der Waals surface area contributed by atoms with Crippen molar-refractivity contribution in [2.75, 3.05) is 19.6 Å². The molecule has 0 bridgehead atoms. The van der Waals surface area contributed by atoms with E-state index in [0.29, 0.717) is 12.0 Å². The number of benzene rings is 1. The van der Waals surface area contributed by atoms with Crippen molar-refractivity contribution in [1.82, 2.24) is 10.2 Å². The summed E-state index contributed by atoms with van der Waals surface area (Å²) in [6, 6.07) is 9.51. The van der Waals surface area contributed by atoms with Crippen LogP contribution in [0, 0.1) is 0 Å². The Morgan fingerprint density at radius 3 is 2.82 bits per heavy atom. The Balaban J connectivity index is 2.12. The molecule has 1 saturated heterocycles. The van der Waals surface area contributed by atoms with Gasteiger partial charge in [-0.05, 0) is 24.0 Å². The Hall–Kier alpha value is -0.860. The highest BCUT2D eigenvalue weighted by atomic mass is 15.2. The van der Waals surface area contributed by atoms with Crippen LogP contribution < -0.4 is 5.32 Å². The number of piperazine rings is 1. The first-order chi connectivity index (χ1) is 8.18. The molecule has 2 rings (SSSR count). The molecule has 1 fully saturated rings. The Labute approximate surface area is 105 Å². The van der Waals surface area contributed by atoms with E-state index in [0.717, 1.165) is 26.2 Å². The Morgan fingerprint density at radius 1 is 1.35 bits per heavy atom. The molecule has 1 N–H and O–H groups in total. The molecule has 0 radical (unpaired) electrons. The molecule has 0 saturated carbocycles. The minimum Gasteiger partial charge on any atom is -0.314 e. The number of rotatable bonds is 3. The fourth-order valence-corrected chi connectivity index (χ4v) is 2.58. The molecule has 0 amide bonds. The van der Waals surface area contributed by atoms with Gasteiger partial charge in [0, 0.05) is 32.2 Å². The fraction of sp³-hybridized carbons (Fsp3) is 0.600. The van der Waals surface area contributed by atoms with Crippen LogP contribution in [-0.2, 0) is 6.54 Å². The number of nitrogens with one attached hydrogen (secondary N) is 1. The van der Waals surface area contributed by atoms with Gasteiger partial charge < -0.3 is 5.32 Å². The van der Waals surface area contributed by atoms with Crippen LogP contribution >= 0.6 is 0 Å². The Morgan fingerprint density at radius 2 is 2.12 bits per heavy atom. The summed E-state index contributed by atoms with van der Waals surface area (Å²) in [5, 5.41) is 3.45. The molecule has 1 aliphatic heterocycles. The van der Waals surface area contributed by atoms with Crippen LogP contribution in [0.4, 0.5) is 0 Å². The SMILES string of the molecule is CC(C)c1ccccc1CN1CCNCC1C. The molecule has 17 heavy (non-hydrogen) atoms. The van der Waals surface area contributed by atoms with Crippen molar-refractivity contribution < 1.29 is 0 Å². The quantitative estimate of drug-likeness (QED) is 0.862. The smallest absolute Gasteiger partial charge is 0.0240 e. The van der Waals surface area contributed by atoms with Crippen LogP contribution in [0.3, 0.4) is 0 Å². The van der Waals surface area contributed by atoms with Crippen molar-refractivity contribution in [3.63, 3.8) is 0 Å². The van der Waals surface area contributed by atoms with Gasteiger partial charge in [0.1, 0.15) is 0 Å². The zero-order chi connectivity index (χ0) is 12.3. The van der Waals surface area contributed by atoms with Crippen LogP contribution in [-0.4, -0.2) is 30.6 Å². The summed E-state index contributed by atoms with van der Waals surface area (Å²) >= 11 is 0. The lowest BCUT2D eigenvalue weighted by Crippen LogP contribution is -2.49. The molecule has 0 aromatic heterocycles. The lowest BCUT2D eigenvalue weighted by atomic mass is 9.96. The molecule has 1 aliphatic rings. The number of hydrogen-bond donors (Lipinski definition) is 1. The van der Waals surface area contributed by atoms with E-state index in [4.69, 9.17) is 0 Å². The van der Waals surface area contributed by atoms with Crippen molar-refractivity contribution in [1.29, 1.82) is 0 Å². The molecule has 1 aromatic carbocycles. The molecule has 94 valence electrons. The fourth-order valence-electron chi connectivity index (χ4n) is 2.58. The predicted molar refractivity (Wildman–Crippen MR) is 73.3 cm³/mol. The molecule has 1 heterocycles. The summed E-state index contributed by atoms with van der Waals surface area (Å²) in [6.45, 7) is 11.4. The second-order valence-electron chi connectivity index (χ2n) is 5.38. The van der Waals surface area contributed by atoms with Gasteiger partial charge in [-0.2, -0.15) is 0 Å². The first-order valence-electron chi connectivity index (χ1n) is 6.71. The van der Waals surface area contributed by atoms with Gasteiger partial charge in [-0.3, -0.25) is 4.90 Å². The van der Waals surface area contributed by atoms with E-state index in [1.54, 1.807) is 0 Å². The van der Waals surface area contributed by atoms with Gasteiger partial charge >= 0.3 is 0 Å². The van der Waals surface area contributed by atoms with Gasteiger partial charge in [-0.1, -0.05) is 38.1 Å². The topological polar surface area (TPSA) is 15.3 Å². The summed E-state index contributed by atoms with van der Waals surface area (Å²) < 4.78 is 0. The highest BCUT2D eigenvalue weighted by molar-refractivity contribution is 5.29. The van der Waals surface area contributed by atoms with Crippen molar-refractivity contribution >= 4 is 0 Å². The van der Waals surface area contributed by atoms with Crippen molar-refractivity contribution in [2.45, 2.75) is 39.3 Å². The molecule has 1 unspecified atom stereocenters. The van der Waals surface area contributed by atoms with Crippen LogP contribution in [0.2, 0.25) is 0 Å². The number of hydrogen-bond acceptors (Lipinski definition) is 2. The van der Waals surface area contributed by atoms with Crippen molar-refractivity contribution in [3.05, 3.63) is 35.4 Å². The third kappa shape index (κ3) is 3.08. The van der Waals surface area contributed by atoms with Crippen molar-refractivity contribution in [2.24, 2.45) is 0 Å². The maximum Gasteiger partial charge on any atom is 0.0240 e. The van der Waals surface area contributed by atoms with E-state index in [2.05, 4.69) is 55.3 Å². The minimum absolute atomic E-state index is 0.615. The van der Waals surface area contributed by atoms with E-state index >= 15 is 0 Å². The lowest BCUT2D eigenvalue weighted by molar-refractivity contribution is 0.165. The van der Waals surface area contributed by atoms with E-state index in [1.165, 1.54) is 11.1 Å². The van der Waals surface area contributed by atoms with Gasteiger partial charge in [-0.15, -0.1) is 0 Å². The molecule has 1 atom stereocenters. The van der Waals surface area contributed by atoms with Gasteiger partial charge in [0.15, 0.2) is 0 Å². The van der Waals surface area contributed by atoms with E-state index in [9.17, 15) is 0 Å². The van der Waals surface area contributed by atoms with Gasteiger partial charge in [0.05, 0.1) is 0 Å². The maximum atomic E-state index is 3.45. The van der Waals surface area contributed by atoms with Crippen LogP contribution in [0.15, 0.2) is 24.3 Å². The first-order valence-corrected chi connectivity index (χ1v) is 6.71. The Bertz CT molecular complexity index is 360. The van der Waals surface area contributed by atoms with Gasteiger partial charge in [0.25, 0.3) is 0 Å². The van der Waals surface area contributed by atoms with Gasteiger partial charge in [-0.25, -0.2) is 0 Å². The molecule has 2 nitrogen and oxygen atoms in total. The summed E-state index contributed by atoms with van der Waals surface area (Å²) in [5.41, 5.74) is 2.99. The van der Waals surface area contributed by atoms with Crippen LogP contribution in [0.25, 0.3) is 0 Å². The average Bonchev–Trinajstić information content (AvgIpc) is 2.32. The molecule has 0 spiro atoms. The van der Waals surface area contributed by atoms with Crippen molar-refractivity contribution in [3.8, 4) is 0 Å². The molecule has 2 heteroatoms. The lowest BCUT2D eigenvalue weighted by Gasteiger charge is -2.34. The Kier molecular flexibility index (Phi) is 4.19. The monoisotopic (exact) mass is 232 g/mol.